The first kappa shape index (κ1) is 7.93. The van der Waals surface area contributed by atoms with Crippen molar-refractivity contribution in [2.45, 2.75) is 31.7 Å². The molecule has 0 aromatic heterocycles. The third-order valence-corrected chi connectivity index (χ3v) is 4.01. The van der Waals surface area contributed by atoms with Gasteiger partial charge < -0.3 is 5.32 Å². The second-order valence-corrected chi connectivity index (χ2v) is 4.92. The summed E-state index contributed by atoms with van der Waals surface area (Å²) < 4.78 is 0. The lowest BCUT2D eigenvalue weighted by Crippen LogP contribution is -2.35. The van der Waals surface area contributed by atoms with Crippen LogP contribution < -0.4 is 5.32 Å². The SMILES string of the molecule is C1CC(CNC2CCSC2)C1. The summed E-state index contributed by atoms with van der Waals surface area (Å²) in [5, 5.41) is 3.66. The highest BCUT2D eigenvalue weighted by molar-refractivity contribution is 7.99. The summed E-state index contributed by atoms with van der Waals surface area (Å²) >= 11 is 2.10. The molecule has 1 unspecified atom stereocenters. The third-order valence-electron chi connectivity index (χ3n) is 2.85. The molecule has 1 saturated carbocycles. The van der Waals surface area contributed by atoms with E-state index in [0.717, 1.165) is 12.0 Å². The first-order valence-corrected chi connectivity index (χ1v) is 5.92. The number of nitrogens with one attached hydrogen (secondary N) is 1. The Kier molecular flexibility index (Phi) is 2.75. The fraction of sp³-hybridized carbons (Fsp3) is 1.00. The molecule has 0 spiro atoms. The van der Waals surface area contributed by atoms with Crippen molar-refractivity contribution in [3.63, 3.8) is 0 Å². The van der Waals surface area contributed by atoms with Crippen LogP contribution in [0.2, 0.25) is 0 Å². The van der Waals surface area contributed by atoms with Crippen LogP contribution in [0.1, 0.15) is 25.7 Å². The minimum absolute atomic E-state index is 0.848. The molecule has 0 amide bonds. The van der Waals surface area contributed by atoms with E-state index >= 15 is 0 Å². The van der Waals surface area contributed by atoms with E-state index in [2.05, 4.69) is 17.1 Å². The van der Waals surface area contributed by atoms with E-state index in [1.165, 1.54) is 43.7 Å². The van der Waals surface area contributed by atoms with Crippen molar-refractivity contribution in [3.8, 4) is 0 Å². The molecule has 2 rings (SSSR count). The van der Waals surface area contributed by atoms with Gasteiger partial charge in [-0.2, -0.15) is 11.8 Å². The predicted molar refractivity (Wildman–Crippen MR) is 51.1 cm³/mol. The van der Waals surface area contributed by atoms with Crippen LogP contribution in [0, 0.1) is 5.92 Å². The van der Waals surface area contributed by atoms with Gasteiger partial charge in [-0.05, 0) is 37.5 Å². The first-order valence-electron chi connectivity index (χ1n) is 4.76. The highest BCUT2D eigenvalue weighted by Crippen LogP contribution is 2.26. The Balaban J connectivity index is 1.57. The minimum atomic E-state index is 0.848. The maximum absolute atomic E-state index is 3.66. The van der Waals surface area contributed by atoms with E-state index in [1.54, 1.807) is 0 Å². The monoisotopic (exact) mass is 171 g/mol. The molecule has 0 aromatic carbocycles. The van der Waals surface area contributed by atoms with Crippen LogP contribution in [-0.2, 0) is 0 Å². The predicted octanol–water partition coefficient (Wildman–Crippen LogP) is 1.88. The largest absolute Gasteiger partial charge is 0.313 e. The van der Waals surface area contributed by atoms with Crippen LogP contribution in [-0.4, -0.2) is 24.1 Å². The molecular weight excluding hydrogens is 154 g/mol. The lowest BCUT2D eigenvalue weighted by atomic mass is 9.85. The minimum Gasteiger partial charge on any atom is -0.313 e. The summed E-state index contributed by atoms with van der Waals surface area (Å²) in [5.41, 5.74) is 0. The van der Waals surface area contributed by atoms with E-state index in [4.69, 9.17) is 0 Å². The highest BCUT2D eigenvalue weighted by Gasteiger charge is 2.20. The zero-order valence-electron chi connectivity index (χ0n) is 7.01. The molecule has 2 aliphatic rings. The molecule has 1 aliphatic heterocycles. The van der Waals surface area contributed by atoms with Gasteiger partial charge in [0.1, 0.15) is 0 Å². The molecular formula is C9H17NS. The Morgan fingerprint density at radius 2 is 2.18 bits per heavy atom. The van der Waals surface area contributed by atoms with E-state index in [1.807, 2.05) is 0 Å². The molecule has 1 atom stereocenters. The van der Waals surface area contributed by atoms with Gasteiger partial charge in [0.25, 0.3) is 0 Å². The molecule has 1 saturated heterocycles. The molecule has 1 N–H and O–H groups in total. The average molecular weight is 171 g/mol. The van der Waals surface area contributed by atoms with E-state index in [9.17, 15) is 0 Å². The standard InChI is InChI=1S/C9H17NS/c1-2-8(3-1)6-10-9-4-5-11-7-9/h8-10H,1-7H2. The zero-order chi connectivity index (χ0) is 7.52. The molecule has 1 aliphatic carbocycles. The van der Waals surface area contributed by atoms with Crippen molar-refractivity contribution in [1.82, 2.24) is 5.32 Å². The second kappa shape index (κ2) is 3.81. The molecule has 0 bridgehead atoms. The van der Waals surface area contributed by atoms with Gasteiger partial charge in [-0.15, -0.1) is 0 Å². The number of hydrogen-bond donors (Lipinski definition) is 1. The van der Waals surface area contributed by atoms with Gasteiger partial charge in [-0.3, -0.25) is 0 Å². The van der Waals surface area contributed by atoms with Crippen molar-refractivity contribution in [3.05, 3.63) is 0 Å². The highest BCUT2D eigenvalue weighted by atomic mass is 32.2. The van der Waals surface area contributed by atoms with E-state index in [-0.39, 0.29) is 0 Å². The Bertz CT molecular complexity index is 117. The van der Waals surface area contributed by atoms with Crippen LogP contribution in [0.15, 0.2) is 0 Å². The van der Waals surface area contributed by atoms with Crippen molar-refractivity contribution in [2.75, 3.05) is 18.1 Å². The number of rotatable bonds is 3. The molecule has 64 valence electrons. The van der Waals surface area contributed by atoms with Gasteiger partial charge in [0, 0.05) is 11.8 Å². The van der Waals surface area contributed by atoms with Crippen molar-refractivity contribution >= 4 is 11.8 Å². The molecule has 0 aromatic rings. The van der Waals surface area contributed by atoms with Gasteiger partial charge in [-0.1, -0.05) is 6.42 Å². The van der Waals surface area contributed by atoms with Crippen LogP contribution in [0.5, 0.6) is 0 Å². The Morgan fingerprint density at radius 1 is 1.27 bits per heavy atom. The summed E-state index contributed by atoms with van der Waals surface area (Å²) in [6, 6.07) is 0.848. The van der Waals surface area contributed by atoms with E-state index < -0.39 is 0 Å². The molecule has 2 fully saturated rings. The van der Waals surface area contributed by atoms with Gasteiger partial charge >= 0.3 is 0 Å². The van der Waals surface area contributed by atoms with Crippen molar-refractivity contribution in [1.29, 1.82) is 0 Å². The normalized spacial score (nSPS) is 32.2. The van der Waals surface area contributed by atoms with Crippen LogP contribution in [0.25, 0.3) is 0 Å². The molecule has 0 radical (unpaired) electrons. The van der Waals surface area contributed by atoms with Crippen molar-refractivity contribution < 1.29 is 0 Å². The lowest BCUT2D eigenvalue weighted by Gasteiger charge is -2.27. The summed E-state index contributed by atoms with van der Waals surface area (Å²) in [5.74, 6) is 3.76. The molecule has 11 heavy (non-hydrogen) atoms. The maximum atomic E-state index is 3.66. The van der Waals surface area contributed by atoms with Crippen LogP contribution in [0.3, 0.4) is 0 Å². The maximum Gasteiger partial charge on any atom is 0.0166 e. The fourth-order valence-corrected chi connectivity index (χ4v) is 2.91. The van der Waals surface area contributed by atoms with Gasteiger partial charge in [-0.25, -0.2) is 0 Å². The zero-order valence-corrected chi connectivity index (χ0v) is 7.83. The quantitative estimate of drug-likeness (QED) is 0.696. The van der Waals surface area contributed by atoms with Gasteiger partial charge in [0.05, 0.1) is 0 Å². The Hall–Kier alpha value is 0.310. The number of hydrogen-bond acceptors (Lipinski definition) is 2. The third kappa shape index (κ3) is 2.12. The number of thioether (sulfide) groups is 1. The summed E-state index contributed by atoms with van der Waals surface area (Å²) in [6.07, 6.45) is 5.84. The smallest absolute Gasteiger partial charge is 0.0166 e. The molecule has 1 heterocycles. The second-order valence-electron chi connectivity index (χ2n) is 3.77. The topological polar surface area (TPSA) is 12.0 Å². The fourth-order valence-electron chi connectivity index (χ4n) is 1.73. The first-order chi connectivity index (χ1) is 5.45. The summed E-state index contributed by atoms with van der Waals surface area (Å²) in [7, 11) is 0. The van der Waals surface area contributed by atoms with Gasteiger partial charge in [0.15, 0.2) is 0 Å². The Morgan fingerprint density at radius 3 is 2.73 bits per heavy atom. The van der Waals surface area contributed by atoms with Crippen LogP contribution >= 0.6 is 11.8 Å². The van der Waals surface area contributed by atoms with Gasteiger partial charge in [0.2, 0.25) is 0 Å². The molecule has 1 nitrogen and oxygen atoms in total. The lowest BCUT2D eigenvalue weighted by molar-refractivity contribution is 0.292. The summed E-state index contributed by atoms with van der Waals surface area (Å²) in [6.45, 7) is 1.30. The Labute approximate surface area is 73.3 Å². The van der Waals surface area contributed by atoms with E-state index in [0.29, 0.717) is 0 Å². The summed E-state index contributed by atoms with van der Waals surface area (Å²) in [4.78, 5) is 0. The van der Waals surface area contributed by atoms with Crippen LogP contribution in [0.4, 0.5) is 0 Å². The van der Waals surface area contributed by atoms with Crippen molar-refractivity contribution in [2.24, 2.45) is 5.92 Å². The molecule has 2 heteroatoms. The average Bonchev–Trinajstić information content (AvgIpc) is 2.36.